The van der Waals surface area contributed by atoms with Gasteiger partial charge in [-0.2, -0.15) is 0 Å². The van der Waals surface area contributed by atoms with Crippen LogP contribution in [0.25, 0.3) is 0 Å². The summed E-state index contributed by atoms with van der Waals surface area (Å²) in [5, 5.41) is 3.53. The number of rotatable bonds is 5. The Morgan fingerprint density at radius 3 is 2.58 bits per heavy atom. The third-order valence-corrected chi connectivity index (χ3v) is 4.57. The quantitative estimate of drug-likeness (QED) is 0.490. The largest absolute Gasteiger partial charge is 0.313 e. The fraction of sp³-hybridized carbons (Fsp3) is 0.600. The van der Waals surface area contributed by atoms with E-state index < -0.39 is 0 Å². The van der Waals surface area contributed by atoms with Crippen LogP contribution in [0.15, 0.2) is 23.1 Å². The van der Waals surface area contributed by atoms with Gasteiger partial charge in [0, 0.05) is 23.2 Å². The van der Waals surface area contributed by atoms with Crippen LogP contribution >= 0.6 is 11.8 Å². The first-order valence-electron chi connectivity index (χ1n) is 7.07. The van der Waals surface area contributed by atoms with E-state index in [0.29, 0.717) is 10.9 Å². The molecule has 1 fully saturated rings. The Kier molecular flexibility index (Phi) is 6.11. The van der Waals surface area contributed by atoms with Crippen LogP contribution in [0.4, 0.5) is 8.78 Å². The number of hydrogen-bond donors (Lipinski definition) is 1. The highest BCUT2D eigenvalue weighted by molar-refractivity contribution is 7.99. The molecule has 0 aliphatic heterocycles. The molecule has 106 valence electrons. The molecule has 0 aromatic heterocycles. The Labute approximate surface area is 118 Å². The van der Waals surface area contributed by atoms with Crippen molar-refractivity contribution in [3.63, 3.8) is 0 Å². The van der Waals surface area contributed by atoms with Crippen molar-refractivity contribution in [2.24, 2.45) is 0 Å². The maximum Gasteiger partial charge on any atom is 0.136 e. The first kappa shape index (κ1) is 14.8. The van der Waals surface area contributed by atoms with Crippen molar-refractivity contribution in [3.8, 4) is 0 Å². The minimum absolute atomic E-state index is 0.333. The second-order valence-corrected chi connectivity index (χ2v) is 6.20. The third kappa shape index (κ3) is 5.11. The second kappa shape index (κ2) is 7.85. The summed E-state index contributed by atoms with van der Waals surface area (Å²) in [4.78, 5) is 0.405. The standard InChI is InChI=1S/C15H21F2NS/c16-12-7-8-14(17)15(11-12)19-10-9-18-13-5-3-1-2-4-6-13/h7-8,11,13,18H,1-6,9-10H2. The van der Waals surface area contributed by atoms with Crippen LogP contribution in [-0.2, 0) is 0 Å². The SMILES string of the molecule is Fc1ccc(F)c(SCCNC2CCCCCC2)c1. The lowest BCUT2D eigenvalue weighted by atomic mass is 10.1. The lowest BCUT2D eigenvalue weighted by Gasteiger charge is -2.15. The van der Waals surface area contributed by atoms with E-state index in [9.17, 15) is 8.78 Å². The fourth-order valence-electron chi connectivity index (χ4n) is 2.50. The van der Waals surface area contributed by atoms with Gasteiger partial charge < -0.3 is 5.32 Å². The minimum Gasteiger partial charge on any atom is -0.313 e. The predicted molar refractivity (Wildman–Crippen MR) is 76.6 cm³/mol. The monoisotopic (exact) mass is 285 g/mol. The molecule has 0 bridgehead atoms. The first-order valence-corrected chi connectivity index (χ1v) is 8.05. The van der Waals surface area contributed by atoms with Gasteiger partial charge in [0.05, 0.1) is 0 Å². The van der Waals surface area contributed by atoms with E-state index in [1.807, 2.05) is 0 Å². The van der Waals surface area contributed by atoms with Crippen molar-refractivity contribution in [1.82, 2.24) is 5.32 Å². The smallest absolute Gasteiger partial charge is 0.136 e. The van der Waals surface area contributed by atoms with E-state index in [2.05, 4.69) is 5.32 Å². The van der Waals surface area contributed by atoms with E-state index in [1.165, 1.54) is 62.4 Å². The molecule has 1 N–H and O–H groups in total. The van der Waals surface area contributed by atoms with Crippen LogP contribution < -0.4 is 5.32 Å². The minimum atomic E-state index is -0.374. The molecule has 4 heteroatoms. The molecule has 19 heavy (non-hydrogen) atoms. The topological polar surface area (TPSA) is 12.0 Å². The van der Waals surface area contributed by atoms with Gasteiger partial charge in [0.1, 0.15) is 11.6 Å². The molecule has 0 heterocycles. The van der Waals surface area contributed by atoms with Gasteiger partial charge in [-0.1, -0.05) is 25.7 Å². The Morgan fingerprint density at radius 2 is 1.84 bits per heavy atom. The van der Waals surface area contributed by atoms with Gasteiger partial charge in [0.2, 0.25) is 0 Å². The van der Waals surface area contributed by atoms with E-state index in [-0.39, 0.29) is 11.6 Å². The molecule has 1 saturated carbocycles. The molecule has 1 aliphatic rings. The van der Waals surface area contributed by atoms with Crippen LogP contribution in [-0.4, -0.2) is 18.3 Å². The van der Waals surface area contributed by atoms with Crippen LogP contribution in [0.2, 0.25) is 0 Å². The summed E-state index contributed by atoms with van der Waals surface area (Å²) in [7, 11) is 0. The number of nitrogens with one attached hydrogen (secondary N) is 1. The highest BCUT2D eigenvalue weighted by Gasteiger charge is 2.11. The van der Waals surface area contributed by atoms with Gasteiger partial charge in [-0.05, 0) is 31.0 Å². The predicted octanol–water partition coefficient (Wildman–Crippen LogP) is 4.37. The Bertz CT molecular complexity index is 390. The lowest BCUT2D eigenvalue weighted by molar-refractivity contribution is 0.474. The van der Waals surface area contributed by atoms with Gasteiger partial charge in [-0.25, -0.2) is 8.78 Å². The third-order valence-electron chi connectivity index (χ3n) is 3.54. The van der Waals surface area contributed by atoms with Crippen LogP contribution in [0.3, 0.4) is 0 Å². The molecule has 2 rings (SSSR count). The molecule has 0 amide bonds. The van der Waals surface area contributed by atoms with E-state index in [4.69, 9.17) is 0 Å². The van der Waals surface area contributed by atoms with Crippen LogP contribution in [0, 0.1) is 11.6 Å². The maximum atomic E-state index is 13.4. The van der Waals surface area contributed by atoms with Crippen LogP contribution in [0.1, 0.15) is 38.5 Å². The second-order valence-electron chi connectivity index (χ2n) is 5.07. The number of halogens is 2. The normalized spacial score (nSPS) is 17.4. The molecule has 0 unspecified atom stereocenters. The van der Waals surface area contributed by atoms with Crippen molar-refractivity contribution in [1.29, 1.82) is 0 Å². The molecule has 1 aromatic carbocycles. The zero-order chi connectivity index (χ0) is 13.5. The Hall–Kier alpha value is -0.610. The first-order chi connectivity index (χ1) is 9.25. The van der Waals surface area contributed by atoms with Crippen molar-refractivity contribution in [2.75, 3.05) is 12.3 Å². The summed E-state index contributed by atoms with van der Waals surface area (Å²) in [6.07, 6.45) is 7.81. The van der Waals surface area contributed by atoms with E-state index >= 15 is 0 Å². The van der Waals surface area contributed by atoms with Gasteiger partial charge in [0.25, 0.3) is 0 Å². The Morgan fingerprint density at radius 1 is 1.11 bits per heavy atom. The molecule has 0 saturated heterocycles. The fourth-order valence-corrected chi connectivity index (χ4v) is 3.34. The van der Waals surface area contributed by atoms with E-state index in [0.717, 1.165) is 18.4 Å². The summed E-state index contributed by atoms with van der Waals surface area (Å²) in [5.41, 5.74) is 0. The van der Waals surface area contributed by atoms with Crippen molar-refractivity contribution in [2.45, 2.75) is 49.5 Å². The zero-order valence-electron chi connectivity index (χ0n) is 11.1. The summed E-state index contributed by atoms with van der Waals surface area (Å²) in [6, 6.07) is 4.23. The van der Waals surface area contributed by atoms with E-state index in [1.54, 1.807) is 0 Å². The number of hydrogen-bond acceptors (Lipinski definition) is 2. The summed E-state index contributed by atoms with van der Waals surface area (Å²) < 4.78 is 26.4. The summed E-state index contributed by atoms with van der Waals surface area (Å²) in [5.74, 6) is 0.0677. The van der Waals surface area contributed by atoms with Gasteiger partial charge in [0.15, 0.2) is 0 Å². The molecule has 0 radical (unpaired) electrons. The van der Waals surface area contributed by atoms with Crippen molar-refractivity contribution < 1.29 is 8.78 Å². The maximum absolute atomic E-state index is 13.4. The zero-order valence-corrected chi connectivity index (χ0v) is 11.9. The lowest BCUT2D eigenvalue weighted by Crippen LogP contribution is -2.30. The molecule has 0 spiro atoms. The average molecular weight is 285 g/mol. The molecule has 1 aliphatic carbocycles. The molecule has 1 aromatic rings. The van der Waals surface area contributed by atoms with Crippen LogP contribution in [0.5, 0.6) is 0 Å². The number of benzene rings is 1. The van der Waals surface area contributed by atoms with Gasteiger partial charge >= 0.3 is 0 Å². The molecule has 1 nitrogen and oxygen atoms in total. The number of thioether (sulfide) groups is 1. The average Bonchev–Trinajstić information content (AvgIpc) is 2.67. The van der Waals surface area contributed by atoms with Crippen molar-refractivity contribution >= 4 is 11.8 Å². The molecular weight excluding hydrogens is 264 g/mol. The highest BCUT2D eigenvalue weighted by atomic mass is 32.2. The highest BCUT2D eigenvalue weighted by Crippen LogP contribution is 2.22. The summed E-state index contributed by atoms with van der Waals surface area (Å²) >= 11 is 1.38. The summed E-state index contributed by atoms with van der Waals surface area (Å²) in [6.45, 7) is 0.852. The van der Waals surface area contributed by atoms with Gasteiger partial charge in [-0.3, -0.25) is 0 Å². The molecule has 0 atom stereocenters. The van der Waals surface area contributed by atoms with Crippen molar-refractivity contribution in [3.05, 3.63) is 29.8 Å². The molecular formula is C15H21F2NS. The Balaban J connectivity index is 1.69. The van der Waals surface area contributed by atoms with Gasteiger partial charge in [-0.15, -0.1) is 11.8 Å².